The third-order valence-electron chi connectivity index (χ3n) is 2.92. The highest BCUT2D eigenvalue weighted by atomic mass is 16.5. The van der Waals surface area contributed by atoms with Gasteiger partial charge in [0, 0.05) is 20.2 Å². The maximum absolute atomic E-state index is 12.2. The normalized spacial score (nSPS) is 23.4. The van der Waals surface area contributed by atoms with Gasteiger partial charge in [0.15, 0.2) is 0 Å². The number of methoxy groups -OCH3 is 1. The summed E-state index contributed by atoms with van der Waals surface area (Å²) in [4.78, 5) is 13.9. The van der Waals surface area contributed by atoms with Crippen molar-refractivity contribution in [2.24, 2.45) is 5.92 Å². The monoisotopic (exact) mass is 240 g/mol. The first kappa shape index (κ1) is 13.9. The fourth-order valence-electron chi connectivity index (χ4n) is 1.97. The first-order chi connectivity index (χ1) is 8.19. The zero-order valence-corrected chi connectivity index (χ0v) is 10.5. The number of nitriles is 1. The Labute approximate surface area is 102 Å². The van der Waals surface area contributed by atoms with Crippen LogP contribution in [-0.2, 0) is 14.3 Å². The molecule has 17 heavy (non-hydrogen) atoms. The molecule has 1 heterocycles. The quantitative estimate of drug-likeness (QED) is 0.689. The fraction of sp³-hybridized carbons (Fsp3) is 0.833. The second-order valence-corrected chi connectivity index (χ2v) is 4.30. The highest BCUT2D eigenvalue weighted by Crippen LogP contribution is 2.21. The van der Waals surface area contributed by atoms with Crippen molar-refractivity contribution in [3.05, 3.63) is 0 Å². The van der Waals surface area contributed by atoms with Crippen LogP contribution in [0.25, 0.3) is 0 Å². The molecule has 96 valence electrons. The third-order valence-corrected chi connectivity index (χ3v) is 2.92. The summed E-state index contributed by atoms with van der Waals surface area (Å²) < 4.78 is 10.4. The molecule has 1 amide bonds. The fourth-order valence-corrected chi connectivity index (χ4v) is 1.97. The Morgan fingerprint density at radius 3 is 2.88 bits per heavy atom. The minimum atomic E-state index is -0.0550. The summed E-state index contributed by atoms with van der Waals surface area (Å²) in [5.41, 5.74) is 0. The maximum Gasteiger partial charge on any atom is 0.228 e. The van der Waals surface area contributed by atoms with Gasteiger partial charge in [0.1, 0.15) is 0 Å². The minimum Gasteiger partial charge on any atom is -0.383 e. The zero-order chi connectivity index (χ0) is 12.7. The SMILES string of the molecule is COCCN(CCC#N)C(=O)C1COC(C)C1. The van der Waals surface area contributed by atoms with Gasteiger partial charge in [0.25, 0.3) is 0 Å². The van der Waals surface area contributed by atoms with E-state index in [4.69, 9.17) is 14.7 Å². The molecular formula is C12H20N2O3. The van der Waals surface area contributed by atoms with E-state index in [1.807, 2.05) is 6.92 Å². The number of ether oxygens (including phenoxy) is 2. The number of rotatable bonds is 6. The predicted octanol–water partition coefficient (Wildman–Crippen LogP) is 0.800. The Morgan fingerprint density at radius 2 is 2.35 bits per heavy atom. The van der Waals surface area contributed by atoms with Crippen molar-refractivity contribution >= 4 is 5.91 Å². The number of carbonyl (C=O) groups is 1. The van der Waals surface area contributed by atoms with Crippen molar-refractivity contribution in [1.82, 2.24) is 4.90 Å². The highest BCUT2D eigenvalue weighted by Gasteiger charge is 2.31. The molecule has 0 saturated carbocycles. The van der Waals surface area contributed by atoms with E-state index in [0.717, 1.165) is 6.42 Å². The van der Waals surface area contributed by atoms with Crippen molar-refractivity contribution < 1.29 is 14.3 Å². The molecule has 0 spiro atoms. The molecular weight excluding hydrogens is 220 g/mol. The van der Waals surface area contributed by atoms with E-state index < -0.39 is 0 Å². The standard InChI is InChI=1S/C12H20N2O3/c1-10-8-11(9-17-10)12(15)14(5-3-4-13)6-7-16-2/h10-11H,3,5-9H2,1-2H3. The van der Waals surface area contributed by atoms with Gasteiger partial charge in [-0.2, -0.15) is 5.26 Å². The predicted molar refractivity (Wildman–Crippen MR) is 62.2 cm³/mol. The van der Waals surface area contributed by atoms with E-state index in [-0.39, 0.29) is 17.9 Å². The second-order valence-electron chi connectivity index (χ2n) is 4.30. The summed E-state index contributed by atoms with van der Waals surface area (Å²) >= 11 is 0. The molecule has 5 heteroatoms. The average molecular weight is 240 g/mol. The van der Waals surface area contributed by atoms with Crippen LogP contribution in [0.15, 0.2) is 0 Å². The molecule has 0 aliphatic carbocycles. The van der Waals surface area contributed by atoms with Gasteiger partial charge in [0.2, 0.25) is 5.91 Å². The van der Waals surface area contributed by atoms with Crippen molar-refractivity contribution in [3.8, 4) is 6.07 Å². The summed E-state index contributed by atoms with van der Waals surface area (Å²) in [6.07, 6.45) is 1.29. The molecule has 1 aliphatic rings. The lowest BCUT2D eigenvalue weighted by molar-refractivity contribution is -0.136. The molecule has 1 aliphatic heterocycles. The van der Waals surface area contributed by atoms with Crippen molar-refractivity contribution in [2.45, 2.75) is 25.9 Å². The Kier molecular flexibility index (Phi) is 5.95. The van der Waals surface area contributed by atoms with E-state index in [1.54, 1.807) is 12.0 Å². The lowest BCUT2D eigenvalue weighted by atomic mass is 10.0. The van der Waals surface area contributed by atoms with Crippen LogP contribution < -0.4 is 0 Å². The van der Waals surface area contributed by atoms with Crippen LogP contribution in [0.1, 0.15) is 19.8 Å². The molecule has 1 fully saturated rings. The number of nitrogens with zero attached hydrogens (tertiary/aromatic N) is 2. The summed E-state index contributed by atoms with van der Waals surface area (Å²) in [6, 6.07) is 2.06. The summed E-state index contributed by atoms with van der Waals surface area (Å²) in [5.74, 6) is 0.0298. The number of carbonyl (C=O) groups excluding carboxylic acids is 1. The van der Waals surface area contributed by atoms with E-state index >= 15 is 0 Å². The van der Waals surface area contributed by atoms with Gasteiger partial charge in [0.05, 0.1) is 37.7 Å². The zero-order valence-electron chi connectivity index (χ0n) is 10.5. The Morgan fingerprint density at radius 1 is 1.59 bits per heavy atom. The van der Waals surface area contributed by atoms with Gasteiger partial charge in [-0.1, -0.05) is 0 Å². The molecule has 0 bridgehead atoms. The highest BCUT2D eigenvalue weighted by molar-refractivity contribution is 5.79. The molecule has 0 aromatic rings. The molecule has 0 N–H and O–H groups in total. The van der Waals surface area contributed by atoms with Gasteiger partial charge in [-0.05, 0) is 13.3 Å². The smallest absolute Gasteiger partial charge is 0.228 e. The number of hydrogen-bond acceptors (Lipinski definition) is 4. The Bertz CT molecular complexity index is 288. The molecule has 5 nitrogen and oxygen atoms in total. The average Bonchev–Trinajstić information content (AvgIpc) is 2.75. The summed E-state index contributed by atoms with van der Waals surface area (Å²) in [7, 11) is 1.60. The van der Waals surface area contributed by atoms with Crippen LogP contribution in [0, 0.1) is 17.2 Å². The largest absolute Gasteiger partial charge is 0.383 e. The van der Waals surface area contributed by atoms with Gasteiger partial charge in [-0.3, -0.25) is 4.79 Å². The minimum absolute atomic E-state index is 0.0550. The lowest BCUT2D eigenvalue weighted by Gasteiger charge is -2.23. The first-order valence-corrected chi connectivity index (χ1v) is 5.95. The first-order valence-electron chi connectivity index (χ1n) is 5.95. The molecule has 1 rings (SSSR count). The van der Waals surface area contributed by atoms with Crippen molar-refractivity contribution in [1.29, 1.82) is 5.26 Å². The summed E-state index contributed by atoms with van der Waals surface area (Å²) in [5, 5.41) is 8.59. The van der Waals surface area contributed by atoms with E-state index in [9.17, 15) is 4.79 Å². The maximum atomic E-state index is 12.2. The Hall–Kier alpha value is -1.12. The van der Waals surface area contributed by atoms with Crippen LogP contribution in [0.4, 0.5) is 0 Å². The van der Waals surface area contributed by atoms with Crippen LogP contribution in [-0.4, -0.2) is 50.3 Å². The molecule has 0 aromatic heterocycles. The lowest BCUT2D eigenvalue weighted by Crippen LogP contribution is -2.39. The molecule has 0 aromatic carbocycles. The van der Waals surface area contributed by atoms with Crippen molar-refractivity contribution in [2.75, 3.05) is 33.4 Å². The second kappa shape index (κ2) is 7.25. The Balaban J connectivity index is 2.49. The van der Waals surface area contributed by atoms with Crippen LogP contribution in [0.5, 0.6) is 0 Å². The van der Waals surface area contributed by atoms with E-state index in [0.29, 0.717) is 32.7 Å². The third kappa shape index (κ3) is 4.33. The van der Waals surface area contributed by atoms with Crippen LogP contribution in [0.3, 0.4) is 0 Å². The number of hydrogen-bond donors (Lipinski definition) is 0. The van der Waals surface area contributed by atoms with Crippen LogP contribution >= 0.6 is 0 Å². The summed E-state index contributed by atoms with van der Waals surface area (Å²) in [6.45, 7) is 3.99. The van der Waals surface area contributed by atoms with Gasteiger partial charge in [-0.15, -0.1) is 0 Å². The topological polar surface area (TPSA) is 62.6 Å². The van der Waals surface area contributed by atoms with E-state index in [1.165, 1.54) is 0 Å². The molecule has 2 unspecified atom stereocenters. The molecule has 1 saturated heterocycles. The van der Waals surface area contributed by atoms with Crippen molar-refractivity contribution in [3.63, 3.8) is 0 Å². The van der Waals surface area contributed by atoms with Gasteiger partial charge in [-0.25, -0.2) is 0 Å². The molecule has 0 radical (unpaired) electrons. The number of amides is 1. The van der Waals surface area contributed by atoms with E-state index in [2.05, 4.69) is 6.07 Å². The molecule has 2 atom stereocenters. The van der Waals surface area contributed by atoms with Gasteiger partial charge >= 0.3 is 0 Å². The van der Waals surface area contributed by atoms with Gasteiger partial charge < -0.3 is 14.4 Å². The van der Waals surface area contributed by atoms with Crippen LogP contribution in [0.2, 0.25) is 0 Å².